The van der Waals surface area contributed by atoms with Crippen LogP contribution in [0.4, 0.5) is 0 Å². The van der Waals surface area contributed by atoms with Gasteiger partial charge in [-0.15, -0.1) is 0 Å². The molecule has 116 valence electrons. The molecule has 0 aromatic rings. The molecular weight excluding hydrogens is 302 g/mol. The summed E-state index contributed by atoms with van der Waals surface area (Å²) in [5.41, 5.74) is 0. The molecule has 2 rings (SSSR count). The summed E-state index contributed by atoms with van der Waals surface area (Å²) in [7, 11) is -3.26. The second-order valence-corrected chi connectivity index (χ2v) is 8.01. The summed E-state index contributed by atoms with van der Waals surface area (Å²) < 4.78 is 30.8. The van der Waals surface area contributed by atoms with Crippen molar-refractivity contribution < 1.29 is 17.9 Å². The van der Waals surface area contributed by atoms with Gasteiger partial charge in [0, 0.05) is 37.7 Å². The van der Waals surface area contributed by atoms with Gasteiger partial charge >= 0.3 is 0 Å². The Balaban J connectivity index is 1.72. The van der Waals surface area contributed by atoms with Crippen LogP contribution >= 0.6 is 11.8 Å². The van der Waals surface area contributed by atoms with Gasteiger partial charge in [-0.05, 0) is 0 Å². The van der Waals surface area contributed by atoms with E-state index in [1.165, 1.54) is 4.31 Å². The van der Waals surface area contributed by atoms with Gasteiger partial charge in [0.1, 0.15) is 6.04 Å². The number of thioether (sulfide) groups is 1. The van der Waals surface area contributed by atoms with Gasteiger partial charge in [0.15, 0.2) is 0 Å². The monoisotopic (exact) mass is 323 g/mol. The first kappa shape index (κ1) is 16.0. The Hall–Kier alpha value is -0.350. The minimum absolute atomic E-state index is 0.0447. The van der Waals surface area contributed by atoms with Gasteiger partial charge < -0.3 is 15.4 Å². The van der Waals surface area contributed by atoms with E-state index < -0.39 is 10.0 Å². The van der Waals surface area contributed by atoms with Crippen molar-refractivity contribution in [2.24, 2.45) is 0 Å². The molecule has 0 radical (unpaired) electrons. The van der Waals surface area contributed by atoms with Gasteiger partial charge in [0.05, 0.1) is 19.0 Å². The molecule has 0 saturated carbocycles. The quantitative estimate of drug-likeness (QED) is 0.638. The van der Waals surface area contributed by atoms with E-state index in [0.29, 0.717) is 32.8 Å². The van der Waals surface area contributed by atoms with Crippen LogP contribution in [0.5, 0.6) is 0 Å². The zero-order valence-corrected chi connectivity index (χ0v) is 13.0. The Labute approximate surface area is 123 Å². The summed E-state index contributed by atoms with van der Waals surface area (Å²) in [6.45, 7) is 2.86. The van der Waals surface area contributed by atoms with Crippen LogP contribution in [0.1, 0.15) is 0 Å². The van der Waals surface area contributed by atoms with Crippen molar-refractivity contribution in [3.05, 3.63) is 0 Å². The molecule has 0 aromatic carbocycles. The van der Waals surface area contributed by atoms with E-state index in [2.05, 4.69) is 10.6 Å². The molecule has 2 saturated heterocycles. The third-order valence-corrected chi connectivity index (χ3v) is 6.08. The standard InChI is InChI=1S/C11H21N3O4S2/c15-11(10-9-18-5-1-12-10)13-2-8-20(16,17)14-3-6-19-7-4-14/h10,12H,1-9H2,(H,13,15). The fourth-order valence-corrected chi connectivity index (χ4v) is 4.61. The third kappa shape index (κ3) is 4.59. The number of nitrogens with one attached hydrogen (secondary N) is 2. The van der Waals surface area contributed by atoms with Gasteiger partial charge in [-0.25, -0.2) is 12.7 Å². The molecule has 2 N–H and O–H groups in total. The Bertz CT molecular complexity index is 417. The maximum Gasteiger partial charge on any atom is 0.239 e. The van der Waals surface area contributed by atoms with Crippen LogP contribution in [-0.4, -0.2) is 81.3 Å². The maximum absolute atomic E-state index is 12.1. The van der Waals surface area contributed by atoms with Crippen LogP contribution in [0.15, 0.2) is 0 Å². The Kier molecular flexibility index (Phi) is 6.09. The molecule has 2 aliphatic heterocycles. The molecule has 20 heavy (non-hydrogen) atoms. The maximum atomic E-state index is 12.1. The molecule has 0 aromatic heterocycles. The molecular formula is C11H21N3O4S2. The first-order chi connectivity index (χ1) is 9.59. The van der Waals surface area contributed by atoms with Crippen LogP contribution in [0.2, 0.25) is 0 Å². The highest BCUT2D eigenvalue weighted by molar-refractivity contribution is 7.99. The van der Waals surface area contributed by atoms with Crippen LogP contribution in [-0.2, 0) is 19.6 Å². The first-order valence-corrected chi connectivity index (χ1v) is 9.50. The van der Waals surface area contributed by atoms with Gasteiger partial charge in [0.25, 0.3) is 0 Å². The molecule has 9 heteroatoms. The SMILES string of the molecule is O=C(NCCS(=O)(=O)N1CCSCC1)C1COCCN1. The lowest BCUT2D eigenvalue weighted by Crippen LogP contribution is -2.52. The molecule has 2 aliphatic rings. The third-order valence-electron chi connectivity index (χ3n) is 3.26. The van der Waals surface area contributed by atoms with E-state index in [1.54, 1.807) is 11.8 Å². The topological polar surface area (TPSA) is 87.7 Å². The number of amides is 1. The average molecular weight is 323 g/mol. The number of hydrogen-bond acceptors (Lipinski definition) is 6. The molecule has 7 nitrogen and oxygen atoms in total. The highest BCUT2D eigenvalue weighted by atomic mass is 32.2. The summed E-state index contributed by atoms with van der Waals surface area (Å²) in [4.78, 5) is 11.8. The Morgan fingerprint density at radius 3 is 2.80 bits per heavy atom. The molecule has 1 atom stereocenters. The van der Waals surface area contributed by atoms with Crippen molar-refractivity contribution in [3.63, 3.8) is 0 Å². The lowest BCUT2D eigenvalue weighted by Gasteiger charge is -2.26. The minimum atomic E-state index is -3.26. The largest absolute Gasteiger partial charge is 0.378 e. The van der Waals surface area contributed by atoms with E-state index in [-0.39, 0.29) is 24.2 Å². The Morgan fingerprint density at radius 1 is 1.40 bits per heavy atom. The molecule has 0 spiro atoms. The molecule has 1 unspecified atom stereocenters. The molecule has 0 bridgehead atoms. The van der Waals surface area contributed by atoms with Crippen molar-refractivity contribution in [1.29, 1.82) is 0 Å². The number of carbonyl (C=O) groups is 1. The number of carbonyl (C=O) groups excluding carboxylic acids is 1. The lowest BCUT2D eigenvalue weighted by atomic mass is 10.2. The van der Waals surface area contributed by atoms with Gasteiger partial charge in [-0.2, -0.15) is 11.8 Å². The minimum Gasteiger partial charge on any atom is -0.378 e. The predicted octanol–water partition coefficient (Wildman–Crippen LogP) is -1.53. The second kappa shape index (κ2) is 7.60. The summed E-state index contributed by atoms with van der Waals surface area (Å²) in [5, 5.41) is 5.69. The molecule has 2 fully saturated rings. The van der Waals surface area contributed by atoms with Crippen LogP contribution in [0.3, 0.4) is 0 Å². The van der Waals surface area contributed by atoms with E-state index in [0.717, 1.165) is 11.5 Å². The van der Waals surface area contributed by atoms with Gasteiger partial charge in [-0.3, -0.25) is 4.79 Å². The predicted molar refractivity (Wildman–Crippen MR) is 78.3 cm³/mol. The molecule has 2 heterocycles. The van der Waals surface area contributed by atoms with Crippen molar-refractivity contribution in [2.45, 2.75) is 6.04 Å². The van der Waals surface area contributed by atoms with Crippen molar-refractivity contribution in [3.8, 4) is 0 Å². The first-order valence-electron chi connectivity index (χ1n) is 6.74. The van der Waals surface area contributed by atoms with E-state index in [1.807, 2.05) is 0 Å². The molecule has 0 aliphatic carbocycles. The van der Waals surface area contributed by atoms with Crippen LogP contribution < -0.4 is 10.6 Å². The summed E-state index contributed by atoms with van der Waals surface area (Å²) in [6, 6.07) is -0.377. The number of sulfonamides is 1. The number of hydrogen-bond donors (Lipinski definition) is 2. The van der Waals surface area contributed by atoms with Crippen molar-refractivity contribution in [2.75, 3.05) is 56.7 Å². The average Bonchev–Trinajstić information content (AvgIpc) is 2.49. The van der Waals surface area contributed by atoms with E-state index in [9.17, 15) is 13.2 Å². The highest BCUT2D eigenvalue weighted by Crippen LogP contribution is 2.12. The highest BCUT2D eigenvalue weighted by Gasteiger charge is 2.25. The van der Waals surface area contributed by atoms with Crippen molar-refractivity contribution >= 4 is 27.7 Å². The summed E-state index contributed by atoms with van der Waals surface area (Å²) in [6.07, 6.45) is 0. The summed E-state index contributed by atoms with van der Waals surface area (Å²) >= 11 is 1.76. The van der Waals surface area contributed by atoms with E-state index in [4.69, 9.17) is 4.74 Å². The van der Waals surface area contributed by atoms with Gasteiger partial charge in [0.2, 0.25) is 15.9 Å². The number of rotatable bonds is 5. The fourth-order valence-electron chi connectivity index (χ4n) is 2.11. The fraction of sp³-hybridized carbons (Fsp3) is 0.909. The van der Waals surface area contributed by atoms with Gasteiger partial charge in [-0.1, -0.05) is 0 Å². The second-order valence-electron chi connectivity index (χ2n) is 4.70. The van der Waals surface area contributed by atoms with Crippen LogP contribution in [0.25, 0.3) is 0 Å². The number of ether oxygens (including phenoxy) is 1. The Morgan fingerprint density at radius 2 is 2.15 bits per heavy atom. The summed E-state index contributed by atoms with van der Waals surface area (Å²) in [5.74, 6) is 1.44. The number of nitrogens with zero attached hydrogens (tertiary/aromatic N) is 1. The lowest BCUT2D eigenvalue weighted by molar-refractivity contribution is -0.125. The number of morpholine rings is 1. The van der Waals surface area contributed by atoms with Crippen molar-refractivity contribution in [1.82, 2.24) is 14.9 Å². The smallest absolute Gasteiger partial charge is 0.239 e. The van der Waals surface area contributed by atoms with Crippen LogP contribution in [0, 0.1) is 0 Å². The van der Waals surface area contributed by atoms with E-state index >= 15 is 0 Å². The molecule has 1 amide bonds. The zero-order chi connectivity index (χ0) is 14.4. The normalized spacial score (nSPS) is 25.3. The zero-order valence-electron chi connectivity index (χ0n) is 11.3.